The molecule has 0 saturated heterocycles. The molecular weight excluding hydrogens is 368 g/mol. The van der Waals surface area contributed by atoms with E-state index in [1.54, 1.807) is 72.8 Å². The van der Waals surface area contributed by atoms with Gasteiger partial charge in [-0.25, -0.2) is 4.90 Å². The number of ether oxygens (including phenoxy) is 1. The molecule has 3 amide bonds. The summed E-state index contributed by atoms with van der Waals surface area (Å²) in [5.74, 6) is -0.284. The molecule has 6 heteroatoms. The van der Waals surface area contributed by atoms with Crippen LogP contribution in [0.25, 0.3) is 0 Å². The lowest BCUT2D eigenvalue weighted by atomic mass is 10.1. The molecule has 144 valence electrons. The third kappa shape index (κ3) is 3.48. The third-order valence-corrected chi connectivity index (χ3v) is 4.60. The summed E-state index contributed by atoms with van der Waals surface area (Å²) < 4.78 is 5.38. The van der Waals surface area contributed by atoms with Gasteiger partial charge in [-0.2, -0.15) is 0 Å². The Kier molecular flexibility index (Phi) is 4.83. The van der Waals surface area contributed by atoms with Crippen molar-refractivity contribution in [3.05, 3.63) is 89.5 Å². The van der Waals surface area contributed by atoms with E-state index in [9.17, 15) is 14.4 Å². The van der Waals surface area contributed by atoms with Gasteiger partial charge in [0.1, 0.15) is 5.75 Å². The van der Waals surface area contributed by atoms with Crippen molar-refractivity contribution < 1.29 is 19.1 Å². The molecule has 6 nitrogen and oxygen atoms in total. The van der Waals surface area contributed by atoms with Crippen molar-refractivity contribution in [1.82, 2.24) is 0 Å². The first kappa shape index (κ1) is 18.4. The van der Waals surface area contributed by atoms with Crippen LogP contribution in [-0.2, 0) is 0 Å². The van der Waals surface area contributed by atoms with Crippen molar-refractivity contribution in [2.45, 2.75) is 6.92 Å². The maximum absolute atomic E-state index is 12.6. The van der Waals surface area contributed by atoms with Crippen molar-refractivity contribution in [3.63, 3.8) is 0 Å². The van der Waals surface area contributed by atoms with Gasteiger partial charge in [-0.15, -0.1) is 0 Å². The van der Waals surface area contributed by atoms with Gasteiger partial charge in [0.05, 0.1) is 23.4 Å². The van der Waals surface area contributed by atoms with Gasteiger partial charge in [0.2, 0.25) is 0 Å². The third-order valence-electron chi connectivity index (χ3n) is 4.60. The van der Waals surface area contributed by atoms with E-state index in [1.165, 1.54) is 0 Å². The maximum Gasteiger partial charge on any atom is 0.266 e. The first-order chi connectivity index (χ1) is 14.1. The molecule has 0 unspecified atom stereocenters. The number of fused-ring (bicyclic) bond motifs is 1. The second-order valence-corrected chi connectivity index (χ2v) is 6.45. The average Bonchev–Trinajstić information content (AvgIpc) is 3.00. The van der Waals surface area contributed by atoms with E-state index in [4.69, 9.17) is 4.74 Å². The molecule has 1 aliphatic rings. The van der Waals surface area contributed by atoms with Crippen LogP contribution in [0.4, 0.5) is 11.4 Å². The molecule has 1 aliphatic heterocycles. The van der Waals surface area contributed by atoms with E-state index in [0.29, 0.717) is 34.7 Å². The number of carbonyl (C=O) groups excluding carboxylic acids is 3. The van der Waals surface area contributed by atoms with Crippen LogP contribution in [0, 0.1) is 0 Å². The molecule has 0 fully saturated rings. The highest BCUT2D eigenvalue weighted by atomic mass is 16.5. The van der Waals surface area contributed by atoms with Crippen molar-refractivity contribution in [2.24, 2.45) is 0 Å². The zero-order valence-electron chi connectivity index (χ0n) is 15.7. The van der Waals surface area contributed by atoms with Crippen molar-refractivity contribution in [2.75, 3.05) is 16.8 Å². The van der Waals surface area contributed by atoms with Crippen LogP contribution in [0.5, 0.6) is 5.75 Å². The van der Waals surface area contributed by atoms with Gasteiger partial charge in [0.15, 0.2) is 0 Å². The number of hydrogen-bond acceptors (Lipinski definition) is 4. The second kappa shape index (κ2) is 7.59. The Balaban J connectivity index is 1.49. The van der Waals surface area contributed by atoms with Crippen LogP contribution in [0.15, 0.2) is 72.8 Å². The van der Waals surface area contributed by atoms with Crippen LogP contribution < -0.4 is 15.0 Å². The predicted molar refractivity (Wildman–Crippen MR) is 110 cm³/mol. The zero-order valence-corrected chi connectivity index (χ0v) is 15.7. The van der Waals surface area contributed by atoms with Crippen LogP contribution in [0.2, 0.25) is 0 Å². The smallest absolute Gasteiger partial charge is 0.266 e. The summed E-state index contributed by atoms with van der Waals surface area (Å²) in [6.07, 6.45) is 0. The van der Waals surface area contributed by atoms with E-state index >= 15 is 0 Å². The Morgan fingerprint density at radius 2 is 1.45 bits per heavy atom. The fraction of sp³-hybridized carbons (Fsp3) is 0.0870. The van der Waals surface area contributed by atoms with E-state index in [-0.39, 0.29) is 17.7 Å². The Morgan fingerprint density at radius 1 is 0.862 bits per heavy atom. The molecule has 4 rings (SSSR count). The molecule has 3 aromatic rings. The van der Waals surface area contributed by atoms with Crippen LogP contribution in [0.1, 0.15) is 38.0 Å². The number of imide groups is 1. The SMILES string of the molecule is CCOc1ccc(NC(=O)c2ccc(N3C(=O)c4ccccc4C3=O)cc2)cc1. The predicted octanol–water partition coefficient (Wildman–Crippen LogP) is 4.14. The highest BCUT2D eigenvalue weighted by molar-refractivity contribution is 6.34. The van der Waals surface area contributed by atoms with Gasteiger partial charge in [-0.1, -0.05) is 12.1 Å². The number of anilines is 2. The highest BCUT2D eigenvalue weighted by Crippen LogP contribution is 2.28. The summed E-state index contributed by atoms with van der Waals surface area (Å²) in [7, 11) is 0. The number of carbonyl (C=O) groups is 3. The topological polar surface area (TPSA) is 75.7 Å². The summed E-state index contributed by atoms with van der Waals surface area (Å²) >= 11 is 0. The fourth-order valence-electron chi connectivity index (χ4n) is 3.19. The largest absolute Gasteiger partial charge is 0.494 e. The van der Waals surface area contributed by atoms with E-state index in [0.717, 1.165) is 10.6 Å². The van der Waals surface area contributed by atoms with Crippen LogP contribution >= 0.6 is 0 Å². The summed E-state index contributed by atoms with van der Waals surface area (Å²) in [4.78, 5) is 38.7. The summed E-state index contributed by atoms with van der Waals surface area (Å²) in [6.45, 7) is 2.48. The minimum absolute atomic E-state index is 0.289. The quantitative estimate of drug-likeness (QED) is 0.669. The lowest BCUT2D eigenvalue weighted by molar-refractivity contribution is 0.0925. The average molecular weight is 386 g/mol. The molecule has 0 atom stereocenters. The van der Waals surface area contributed by atoms with Crippen molar-refractivity contribution in [3.8, 4) is 5.75 Å². The normalized spacial score (nSPS) is 12.7. The Hall–Kier alpha value is -3.93. The van der Waals surface area contributed by atoms with Gasteiger partial charge in [-0.3, -0.25) is 14.4 Å². The van der Waals surface area contributed by atoms with Gasteiger partial charge >= 0.3 is 0 Å². The number of nitrogens with one attached hydrogen (secondary N) is 1. The Labute approximate surface area is 167 Å². The van der Waals surface area contributed by atoms with Crippen molar-refractivity contribution >= 4 is 29.1 Å². The van der Waals surface area contributed by atoms with Crippen LogP contribution in [0.3, 0.4) is 0 Å². The summed E-state index contributed by atoms with van der Waals surface area (Å²) in [5, 5.41) is 2.81. The lowest BCUT2D eigenvalue weighted by Crippen LogP contribution is -2.29. The number of nitrogens with zero attached hydrogens (tertiary/aromatic N) is 1. The fourth-order valence-corrected chi connectivity index (χ4v) is 3.19. The molecular formula is C23H18N2O4. The summed E-state index contributed by atoms with van der Waals surface area (Å²) in [5.41, 5.74) is 2.25. The number of benzene rings is 3. The molecule has 1 heterocycles. The second-order valence-electron chi connectivity index (χ2n) is 6.45. The molecule has 0 aliphatic carbocycles. The summed E-state index contributed by atoms with van der Waals surface area (Å²) in [6, 6.07) is 20.2. The first-order valence-electron chi connectivity index (χ1n) is 9.20. The monoisotopic (exact) mass is 386 g/mol. The Bertz CT molecular complexity index is 1050. The van der Waals surface area contributed by atoms with Gasteiger partial charge in [-0.05, 0) is 67.6 Å². The minimum Gasteiger partial charge on any atom is -0.494 e. The number of hydrogen-bond donors (Lipinski definition) is 1. The molecule has 0 aromatic heterocycles. The van der Waals surface area contributed by atoms with E-state index < -0.39 is 0 Å². The molecule has 0 saturated carbocycles. The standard InChI is InChI=1S/C23H18N2O4/c1-2-29-18-13-9-16(10-14-18)24-21(26)15-7-11-17(12-8-15)25-22(27)19-5-3-4-6-20(19)23(25)28/h3-14H,2H2,1H3,(H,24,26). The van der Waals surface area contributed by atoms with Crippen molar-refractivity contribution in [1.29, 1.82) is 0 Å². The highest BCUT2D eigenvalue weighted by Gasteiger charge is 2.36. The minimum atomic E-state index is -0.364. The number of rotatable bonds is 5. The van der Waals surface area contributed by atoms with Gasteiger partial charge in [0.25, 0.3) is 17.7 Å². The first-order valence-corrected chi connectivity index (χ1v) is 9.20. The van der Waals surface area contributed by atoms with Gasteiger partial charge in [0, 0.05) is 11.3 Å². The molecule has 3 aromatic carbocycles. The van der Waals surface area contributed by atoms with E-state index in [1.807, 2.05) is 6.92 Å². The van der Waals surface area contributed by atoms with E-state index in [2.05, 4.69) is 5.32 Å². The molecule has 0 radical (unpaired) electrons. The zero-order chi connectivity index (χ0) is 20.4. The Morgan fingerprint density at radius 3 is 2.00 bits per heavy atom. The molecule has 0 bridgehead atoms. The number of amides is 3. The molecule has 1 N–H and O–H groups in total. The lowest BCUT2D eigenvalue weighted by Gasteiger charge is -2.14. The maximum atomic E-state index is 12.6. The molecule has 0 spiro atoms. The van der Waals surface area contributed by atoms with Gasteiger partial charge < -0.3 is 10.1 Å². The molecule has 29 heavy (non-hydrogen) atoms. The van der Waals surface area contributed by atoms with Crippen LogP contribution in [-0.4, -0.2) is 24.3 Å².